The summed E-state index contributed by atoms with van der Waals surface area (Å²) in [5.74, 6) is 1.85. The zero-order valence-electron chi connectivity index (χ0n) is 31.8. The van der Waals surface area contributed by atoms with Gasteiger partial charge in [-0.25, -0.2) is 9.97 Å². The maximum absolute atomic E-state index is 8.54. The summed E-state index contributed by atoms with van der Waals surface area (Å²) in [6, 6.07) is 57.0. The van der Waals surface area contributed by atoms with Crippen LogP contribution in [0.1, 0.15) is 0 Å². The third kappa shape index (κ3) is 9.39. The first-order chi connectivity index (χ1) is 29.3. The van der Waals surface area contributed by atoms with Crippen LogP contribution in [0.25, 0.3) is 67.3 Å². The Labute approximate surface area is 372 Å². The highest BCUT2D eigenvalue weighted by Crippen LogP contribution is 2.34. The number of rotatable bonds is 6. The highest BCUT2D eigenvalue weighted by atomic mass is 79.9. The molecule has 10 aromatic rings. The van der Waals surface area contributed by atoms with Crippen LogP contribution in [0, 0.1) is 0 Å². The number of halogens is 3. The zero-order valence-corrected chi connectivity index (χ0v) is 36.5. The van der Waals surface area contributed by atoms with Gasteiger partial charge in [0.05, 0.1) is 22.1 Å². The van der Waals surface area contributed by atoms with Crippen molar-refractivity contribution in [1.82, 2.24) is 29.1 Å². The first kappa shape index (κ1) is 40.8. The molecule has 0 fully saturated rings. The number of nitrogens with zero attached hydrogens (tertiary/aromatic N) is 6. The maximum Gasteiger partial charge on any atom is 0.490 e. The van der Waals surface area contributed by atoms with Crippen molar-refractivity contribution in [3.8, 4) is 45.3 Å². The smallest absolute Gasteiger partial charge is 0.423 e. The molecule has 2 N–H and O–H groups in total. The number of para-hydroxylation sites is 6. The minimum Gasteiger partial charge on any atom is -0.423 e. The Bertz CT molecular complexity index is 2980. The lowest BCUT2D eigenvalue weighted by Gasteiger charge is -2.11. The quantitative estimate of drug-likeness (QED) is 0.161. The van der Waals surface area contributed by atoms with Gasteiger partial charge in [0, 0.05) is 71.7 Å². The third-order valence-electron chi connectivity index (χ3n) is 9.40. The van der Waals surface area contributed by atoms with Crippen LogP contribution < -0.4 is 5.46 Å². The Hall–Kier alpha value is -6.02. The average Bonchev–Trinajstić information content (AvgIpc) is 3.87. The molecule has 292 valence electrons. The van der Waals surface area contributed by atoms with E-state index in [0.717, 1.165) is 80.8 Å². The van der Waals surface area contributed by atoms with E-state index in [4.69, 9.17) is 20.0 Å². The molecule has 0 bridgehead atoms. The van der Waals surface area contributed by atoms with Crippen LogP contribution >= 0.6 is 47.8 Å². The minimum atomic E-state index is -1.40. The van der Waals surface area contributed by atoms with Gasteiger partial charge in [-0.3, -0.25) is 19.1 Å². The Balaban J connectivity index is 0.000000140. The number of hydrogen-bond acceptors (Lipinski definition) is 6. The summed E-state index contributed by atoms with van der Waals surface area (Å²) in [7, 11) is -1.40. The van der Waals surface area contributed by atoms with Gasteiger partial charge in [0.1, 0.15) is 11.6 Å². The Morgan fingerprint density at radius 3 is 1.33 bits per heavy atom. The fourth-order valence-corrected chi connectivity index (χ4v) is 8.53. The van der Waals surface area contributed by atoms with E-state index in [0.29, 0.717) is 5.46 Å². The molecule has 10 rings (SSSR count). The van der Waals surface area contributed by atoms with E-state index in [1.807, 2.05) is 66.9 Å². The van der Waals surface area contributed by atoms with Crippen molar-refractivity contribution in [2.75, 3.05) is 0 Å². The van der Waals surface area contributed by atoms with Crippen molar-refractivity contribution >= 4 is 82.4 Å². The SMILES string of the molecule is Brc1cc(-c2cccnc2)cc(-c2nc3ccccc3n2-c2ccccc2)c1.Brc1cc(Br)cc(-c2nc3ccccc3n2-c2ccccc2)c1.OB(O)c1cccnc1. The Morgan fingerprint density at radius 1 is 0.417 bits per heavy atom. The van der Waals surface area contributed by atoms with Gasteiger partial charge in [0.25, 0.3) is 0 Å². The summed E-state index contributed by atoms with van der Waals surface area (Å²) in [6.45, 7) is 0. The van der Waals surface area contributed by atoms with Gasteiger partial charge in [-0.2, -0.15) is 0 Å². The van der Waals surface area contributed by atoms with Gasteiger partial charge in [0.2, 0.25) is 0 Å². The summed E-state index contributed by atoms with van der Waals surface area (Å²) < 4.78 is 7.46. The molecule has 0 spiro atoms. The van der Waals surface area contributed by atoms with Crippen molar-refractivity contribution < 1.29 is 10.0 Å². The van der Waals surface area contributed by atoms with Crippen LogP contribution in [0.5, 0.6) is 0 Å². The molecule has 0 aliphatic heterocycles. The fraction of sp³-hybridized carbons (Fsp3) is 0. The molecule has 4 heterocycles. The summed E-state index contributed by atoms with van der Waals surface area (Å²) in [4.78, 5) is 17.8. The molecule has 6 aromatic carbocycles. The highest BCUT2D eigenvalue weighted by Gasteiger charge is 2.17. The summed E-state index contributed by atoms with van der Waals surface area (Å²) in [5, 5.41) is 17.1. The van der Waals surface area contributed by atoms with Crippen molar-refractivity contribution in [2.45, 2.75) is 0 Å². The lowest BCUT2D eigenvalue weighted by molar-refractivity contribution is 0.425. The average molecular weight is 977 g/mol. The standard InChI is InChI=1S/C24H16BrN3.C19H12Br2N2.C5H6BNO2/c25-20-14-18(17-7-6-12-26-16-17)13-19(15-20)24-27-22-10-4-5-11-23(22)28(24)21-8-2-1-3-9-21;20-14-10-13(11-15(21)12-14)19-22-17-8-4-5-9-18(17)23(19)16-6-2-1-3-7-16;8-6(9)5-2-1-3-7-4-5/h1-16H;1-12H;1-4,8-9H. The van der Waals surface area contributed by atoms with Crippen molar-refractivity contribution in [3.05, 3.63) is 208 Å². The molecule has 4 aromatic heterocycles. The van der Waals surface area contributed by atoms with E-state index in [1.165, 1.54) is 6.20 Å². The lowest BCUT2D eigenvalue weighted by atomic mass is 9.82. The van der Waals surface area contributed by atoms with Gasteiger partial charge in [-0.1, -0.05) is 121 Å². The number of benzene rings is 6. The van der Waals surface area contributed by atoms with Crippen molar-refractivity contribution in [1.29, 1.82) is 0 Å². The second kappa shape index (κ2) is 18.9. The summed E-state index contributed by atoms with van der Waals surface area (Å²) in [5.41, 5.74) is 11.1. The third-order valence-corrected chi connectivity index (χ3v) is 10.8. The molecular weight excluding hydrogens is 943 g/mol. The van der Waals surface area contributed by atoms with Crippen LogP contribution in [0.15, 0.2) is 208 Å². The molecule has 0 saturated heterocycles. The van der Waals surface area contributed by atoms with Crippen molar-refractivity contribution in [2.24, 2.45) is 0 Å². The van der Waals surface area contributed by atoms with Crippen LogP contribution in [0.4, 0.5) is 0 Å². The van der Waals surface area contributed by atoms with E-state index in [9.17, 15) is 0 Å². The van der Waals surface area contributed by atoms with Gasteiger partial charge < -0.3 is 10.0 Å². The Kier molecular flexibility index (Phi) is 12.9. The number of aromatic nitrogens is 6. The van der Waals surface area contributed by atoms with E-state index in [-0.39, 0.29) is 0 Å². The molecule has 0 amide bonds. The van der Waals surface area contributed by atoms with Gasteiger partial charge in [0.15, 0.2) is 0 Å². The van der Waals surface area contributed by atoms with Crippen LogP contribution in [0.3, 0.4) is 0 Å². The molecule has 8 nitrogen and oxygen atoms in total. The first-order valence-electron chi connectivity index (χ1n) is 18.8. The zero-order chi connectivity index (χ0) is 41.4. The highest BCUT2D eigenvalue weighted by molar-refractivity contribution is 9.11. The normalized spacial score (nSPS) is 10.8. The molecule has 0 radical (unpaired) electrons. The molecule has 0 aliphatic carbocycles. The maximum atomic E-state index is 8.54. The predicted molar refractivity (Wildman–Crippen MR) is 253 cm³/mol. The number of pyridine rings is 2. The van der Waals surface area contributed by atoms with E-state index >= 15 is 0 Å². The van der Waals surface area contributed by atoms with Crippen LogP contribution in [-0.4, -0.2) is 46.2 Å². The number of fused-ring (bicyclic) bond motifs is 2. The molecular formula is C48H34BBr3N6O2. The summed E-state index contributed by atoms with van der Waals surface area (Å²) in [6.07, 6.45) is 6.65. The largest absolute Gasteiger partial charge is 0.490 e. The molecule has 0 saturated carbocycles. The molecule has 60 heavy (non-hydrogen) atoms. The van der Waals surface area contributed by atoms with E-state index < -0.39 is 7.12 Å². The van der Waals surface area contributed by atoms with Crippen LogP contribution in [0.2, 0.25) is 0 Å². The van der Waals surface area contributed by atoms with Gasteiger partial charge in [-0.15, -0.1) is 0 Å². The first-order valence-corrected chi connectivity index (χ1v) is 21.2. The molecule has 12 heteroatoms. The number of hydrogen-bond donors (Lipinski definition) is 2. The number of imidazole rings is 2. The van der Waals surface area contributed by atoms with E-state index in [2.05, 4.69) is 164 Å². The predicted octanol–water partition coefficient (Wildman–Crippen LogP) is 11.5. The van der Waals surface area contributed by atoms with E-state index in [1.54, 1.807) is 24.5 Å². The monoisotopic (exact) mass is 974 g/mol. The van der Waals surface area contributed by atoms with Gasteiger partial charge >= 0.3 is 7.12 Å². The minimum absolute atomic E-state index is 0.414. The molecule has 0 unspecified atom stereocenters. The molecule has 0 aliphatic rings. The van der Waals surface area contributed by atoms with Crippen LogP contribution in [-0.2, 0) is 0 Å². The topological polar surface area (TPSA) is 102 Å². The van der Waals surface area contributed by atoms with Crippen molar-refractivity contribution in [3.63, 3.8) is 0 Å². The fourth-order valence-electron chi connectivity index (χ4n) is 6.75. The second-order valence-corrected chi connectivity index (χ2v) is 16.2. The van der Waals surface area contributed by atoms with Gasteiger partial charge in [-0.05, 0) is 103 Å². The Morgan fingerprint density at radius 2 is 0.867 bits per heavy atom. The lowest BCUT2D eigenvalue weighted by Crippen LogP contribution is -2.29. The second-order valence-electron chi connectivity index (χ2n) is 13.5. The summed E-state index contributed by atoms with van der Waals surface area (Å²) >= 11 is 10.8. The molecule has 0 atom stereocenters.